The van der Waals surface area contributed by atoms with E-state index in [1.54, 1.807) is 30.0 Å². The quantitative estimate of drug-likeness (QED) is 0.573. The monoisotopic (exact) mass is 407 g/mol. The van der Waals surface area contributed by atoms with Gasteiger partial charge < -0.3 is 19.5 Å². The van der Waals surface area contributed by atoms with Gasteiger partial charge in [-0.1, -0.05) is 36.4 Å². The molecular formula is C24H25NO5. The van der Waals surface area contributed by atoms with Crippen molar-refractivity contribution in [2.24, 2.45) is 0 Å². The number of allylic oxidation sites excluding steroid dienone is 1. The summed E-state index contributed by atoms with van der Waals surface area (Å²) in [5.74, 6) is -0.530. The minimum absolute atomic E-state index is 0.0102. The Balaban J connectivity index is 2.08. The Morgan fingerprint density at radius 1 is 1.20 bits per heavy atom. The van der Waals surface area contributed by atoms with Crippen molar-refractivity contribution in [1.29, 1.82) is 0 Å². The van der Waals surface area contributed by atoms with E-state index in [1.807, 2.05) is 44.2 Å². The van der Waals surface area contributed by atoms with E-state index in [1.165, 1.54) is 13.2 Å². The van der Waals surface area contributed by atoms with Crippen LogP contribution in [-0.2, 0) is 14.3 Å². The van der Waals surface area contributed by atoms with Crippen LogP contribution in [0.25, 0.3) is 6.08 Å². The lowest BCUT2D eigenvalue weighted by molar-refractivity contribution is -0.136. The Bertz CT molecular complexity index is 1020. The minimum Gasteiger partial charge on any atom is -0.504 e. The maximum absolute atomic E-state index is 13.4. The van der Waals surface area contributed by atoms with Gasteiger partial charge >= 0.3 is 5.97 Å². The number of nitrogens with zero attached hydrogens (tertiary/aromatic N) is 1. The average molecular weight is 407 g/mol. The Morgan fingerprint density at radius 2 is 1.90 bits per heavy atom. The van der Waals surface area contributed by atoms with Crippen LogP contribution in [0.3, 0.4) is 0 Å². The van der Waals surface area contributed by atoms with Gasteiger partial charge in [0.1, 0.15) is 0 Å². The average Bonchev–Trinajstić information content (AvgIpc) is 2.99. The highest BCUT2D eigenvalue weighted by Gasteiger charge is 2.39. The van der Waals surface area contributed by atoms with Crippen LogP contribution in [0.5, 0.6) is 11.5 Å². The second-order valence-electron chi connectivity index (χ2n) is 6.93. The van der Waals surface area contributed by atoms with Crippen LogP contribution in [0.15, 0.2) is 65.4 Å². The third kappa shape index (κ3) is 3.94. The highest BCUT2D eigenvalue weighted by Crippen LogP contribution is 2.38. The predicted octanol–water partition coefficient (Wildman–Crippen LogP) is 4.22. The van der Waals surface area contributed by atoms with Crippen molar-refractivity contribution in [3.05, 3.63) is 76.5 Å². The van der Waals surface area contributed by atoms with E-state index in [2.05, 4.69) is 0 Å². The molecule has 1 aliphatic rings. The number of rotatable bonds is 6. The van der Waals surface area contributed by atoms with E-state index in [0.29, 0.717) is 23.6 Å². The molecule has 2 aromatic rings. The fourth-order valence-corrected chi connectivity index (χ4v) is 3.60. The molecule has 0 saturated carbocycles. The fourth-order valence-electron chi connectivity index (χ4n) is 3.60. The number of phenols is 1. The Labute approximate surface area is 176 Å². The molecule has 0 aromatic heterocycles. The van der Waals surface area contributed by atoms with Crippen molar-refractivity contribution < 1.29 is 24.2 Å². The molecular weight excluding hydrogens is 382 g/mol. The number of phenolic OH excluding ortho intramolecular Hbond substituents is 1. The summed E-state index contributed by atoms with van der Waals surface area (Å²) >= 11 is 0. The van der Waals surface area contributed by atoms with Crippen molar-refractivity contribution in [2.45, 2.75) is 26.8 Å². The van der Waals surface area contributed by atoms with E-state index in [-0.39, 0.29) is 28.8 Å². The number of hydrogen-bond acceptors (Lipinski definition) is 5. The van der Waals surface area contributed by atoms with Gasteiger partial charge in [0.2, 0.25) is 0 Å². The van der Waals surface area contributed by atoms with Crippen LogP contribution in [0.1, 0.15) is 37.9 Å². The van der Waals surface area contributed by atoms with Gasteiger partial charge in [0.25, 0.3) is 5.91 Å². The Morgan fingerprint density at radius 3 is 2.53 bits per heavy atom. The van der Waals surface area contributed by atoms with E-state index >= 15 is 0 Å². The smallest absolute Gasteiger partial charge is 0.340 e. The molecule has 0 unspecified atom stereocenters. The van der Waals surface area contributed by atoms with Crippen LogP contribution in [0.2, 0.25) is 0 Å². The van der Waals surface area contributed by atoms with E-state index < -0.39 is 5.97 Å². The molecule has 156 valence electrons. The van der Waals surface area contributed by atoms with E-state index in [0.717, 1.165) is 5.56 Å². The van der Waals surface area contributed by atoms with Crippen molar-refractivity contribution in [2.75, 3.05) is 13.7 Å². The summed E-state index contributed by atoms with van der Waals surface area (Å²) in [6.07, 6.45) is 1.62. The van der Waals surface area contributed by atoms with Gasteiger partial charge in [-0.25, -0.2) is 4.79 Å². The molecule has 1 heterocycles. The number of carbonyl (C=O) groups excluding carboxylic acids is 2. The zero-order valence-electron chi connectivity index (χ0n) is 17.5. The molecule has 3 rings (SSSR count). The van der Waals surface area contributed by atoms with Crippen molar-refractivity contribution in [3.8, 4) is 11.5 Å². The zero-order chi connectivity index (χ0) is 21.8. The zero-order valence-corrected chi connectivity index (χ0v) is 17.5. The highest BCUT2D eigenvalue weighted by molar-refractivity contribution is 6.16. The highest BCUT2D eigenvalue weighted by atomic mass is 16.5. The van der Waals surface area contributed by atoms with Crippen LogP contribution >= 0.6 is 0 Å². The summed E-state index contributed by atoms with van der Waals surface area (Å²) in [6, 6.07) is 14.1. The molecule has 2 aromatic carbocycles. The minimum atomic E-state index is -0.571. The SMILES string of the molecule is CCOc1cc(/C=C2\C(=O)N([C@@H](C)c3ccccc3)C(C)=C2C(=O)OC)ccc1O. The lowest BCUT2D eigenvalue weighted by Gasteiger charge is -2.26. The lowest BCUT2D eigenvalue weighted by atomic mass is 10.0. The van der Waals surface area contributed by atoms with Gasteiger partial charge in [-0.15, -0.1) is 0 Å². The molecule has 0 aliphatic carbocycles. The number of methoxy groups -OCH3 is 1. The Kier molecular flexibility index (Phi) is 6.26. The molecule has 0 spiro atoms. The number of carbonyl (C=O) groups is 2. The summed E-state index contributed by atoms with van der Waals surface area (Å²) in [5.41, 5.74) is 2.60. The molecule has 0 radical (unpaired) electrons. The largest absolute Gasteiger partial charge is 0.504 e. The van der Waals surface area contributed by atoms with Gasteiger partial charge in [0, 0.05) is 5.70 Å². The summed E-state index contributed by atoms with van der Waals surface area (Å²) in [6.45, 7) is 5.87. The van der Waals surface area contributed by atoms with Gasteiger partial charge in [0.15, 0.2) is 11.5 Å². The standard InChI is InChI=1S/C24H25NO5/c1-5-30-21-14-17(11-12-20(21)26)13-19-22(24(28)29-4)16(3)25(23(19)27)15(2)18-9-7-6-8-10-18/h6-15,26H,5H2,1-4H3/b19-13-/t15-/m0/s1. The molecule has 6 heteroatoms. The second-order valence-corrected chi connectivity index (χ2v) is 6.93. The number of benzene rings is 2. The topological polar surface area (TPSA) is 76.1 Å². The Hall–Kier alpha value is -3.54. The third-order valence-electron chi connectivity index (χ3n) is 5.10. The molecule has 6 nitrogen and oxygen atoms in total. The summed E-state index contributed by atoms with van der Waals surface area (Å²) in [4.78, 5) is 27.5. The van der Waals surface area contributed by atoms with Crippen molar-refractivity contribution >= 4 is 18.0 Å². The maximum Gasteiger partial charge on any atom is 0.340 e. The maximum atomic E-state index is 13.4. The first-order valence-corrected chi connectivity index (χ1v) is 9.74. The number of aromatic hydroxyl groups is 1. The first kappa shape index (κ1) is 21.2. The number of hydrogen-bond donors (Lipinski definition) is 1. The molecule has 1 amide bonds. The van der Waals surface area contributed by atoms with Crippen molar-refractivity contribution in [1.82, 2.24) is 4.90 Å². The molecule has 1 N–H and O–H groups in total. The van der Waals surface area contributed by atoms with Gasteiger partial charge in [-0.2, -0.15) is 0 Å². The van der Waals surface area contributed by atoms with Gasteiger partial charge in [-0.3, -0.25) is 4.79 Å². The predicted molar refractivity (Wildman–Crippen MR) is 114 cm³/mol. The molecule has 0 bridgehead atoms. The van der Waals surface area contributed by atoms with Gasteiger partial charge in [0.05, 0.1) is 30.9 Å². The molecule has 0 fully saturated rings. The van der Waals surface area contributed by atoms with Gasteiger partial charge in [-0.05, 0) is 50.1 Å². The van der Waals surface area contributed by atoms with Crippen molar-refractivity contribution in [3.63, 3.8) is 0 Å². The molecule has 1 aliphatic heterocycles. The van der Waals surface area contributed by atoms with E-state index in [9.17, 15) is 14.7 Å². The fraction of sp³-hybridized carbons (Fsp3) is 0.250. The lowest BCUT2D eigenvalue weighted by Crippen LogP contribution is -2.28. The van der Waals surface area contributed by atoms with Crippen LogP contribution < -0.4 is 4.74 Å². The summed E-state index contributed by atoms with van der Waals surface area (Å²) < 4.78 is 10.4. The first-order valence-electron chi connectivity index (χ1n) is 9.74. The van der Waals surface area contributed by atoms with Crippen LogP contribution in [0.4, 0.5) is 0 Å². The van der Waals surface area contributed by atoms with Crippen LogP contribution in [0, 0.1) is 0 Å². The van der Waals surface area contributed by atoms with E-state index in [4.69, 9.17) is 9.47 Å². The summed E-state index contributed by atoms with van der Waals surface area (Å²) in [5, 5.41) is 9.94. The number of esters is 1. The number of ether oxygens (including phenoxy) is 2. The van der Waals surface area contributed by atoms with Crippen LogP contribution in [-0.4, -0.2) is 35.6 Å². The molecule has 30 heavy (non-hydrogen) atoms. The normalized spacial score (nSPS) is 16.2. The number of amides is 1. The first-order chi connectivity index (χ1) is 14.4. The summed E-state index contributed by atoms with van der Waals surface area (Å²) in [7, 11) is 1.29. The molecule has 0 saturated heterocycles. The third-order valence-corrected chi connectivity index (χ3v) is 5.10. The second kappa shape index (κ2) is 8.86. The molecule has 1 atom stereocenters.